The lowest BCUT2D eigenvalue weighted by Gasteiger charge is -2.22. The van der Waals surface area contributed by atoms with E-state index in [1.54, 1.807) is 12.0 Å². The van der Waals surface area contributed by atoms with Gasteiger partial charge in [-0.1, -0.05) is 6.07 Å². The van der Waals surface area contributed by atoms with Crippen LogP contribution in [0.15, 0.2) is 42.5 Å². The van der Waals surface area contributed by atoms with E-state index in [9.17, 15) is 14.0 Å². The van der Waals surface area contributed by atoms with Crippen molar-refractivity contribution in [1.29, 1.82) is 0 Å². The first-order valence-corrected chi connectivity index (χ1v) is 10.6. The van der Waals surface area contributed by atoms with Gasteiger partial charge in [0, 0.05) is 38.2 Å². The normalized spacial score (nSPS) is 14.2. The van der Waals surface area contributed by atoms with Crippen LogP contribution < -0.4 is 9.47 Å². The third-order valence-electron chi connectivity index (χ3n) is 5.38. The SMILES string of the molecule is CCOc1ccc(CCC(=O)N2CCCN(C(=O)c3ccc(F)cc3)CC2)cc1OC. The molecule has 0 bridgehead atoms. The van der Waals surface area contributed by atoms with E-state index in [0.717, 1.165) is 12.0 Å². The standard InChI is InChI=1S/C24H29FN2O4/c1-3-31-21-11-5-18(17-22(21)30-2)6-12-23(28)26-13-4-14-27(16-15-26)24(29)19-7-9-20(25)10-8-19/h5,7-11,17H,3-4,6,12-16H2,1-2H3. The number of ether oxygens (including phenoxy) is 2. The molecule has 0 atom stereocenters. The average molecular weight is 429 g/mol. The zero-order valence-electron chi connectivity index (χ0n) is 18.1. The molecule has 6 nitrogen and oxygen atoms in total. The average Bonchev–Trinajstić information content (AvgIpc) is 3.05. The minimum absolute atomic E-state index is 0.0731. The predicted molar refractivity (Wildman–Crippen MR) is 116 cm³/mol. The Hall–Kier alpha value is -3.09. The van der Waals surface area contributed by atoms with Gasteiger partial charge in [-0.3, -0.25) is 9.59 Å². The van der Waals surface area contributed by atoms with Gasteiger partial charge in [0.25, 0.3) is 5.91 Å². The van der Waals surface area contributed by atoms with E-state index in [1.807, 2.05) is 30.0 Å². The second kappa shape index (κ2) is 10.8. The molecule has 31 heavy (non-hydrogen) atoms. The topological polar surface area (TPSA) is 59.1 Å². The van der Waals surface area contributed by atoms with Crippen LogP contribution in [0.5, 0.6) is 11.5 Å². The van der Waals surface area contributed by atoms with Crippen LogP contribution in [0.4, 0.5) is 4.39 Å². The molecule has 1 saturated heterocycles. The van der Waals surface area contributed by atoms with Gasteiger partial charge in [-0.15, -0.1) is 0 Å². The quantitative estimate of drug-likeness (QED) is 0.677. The first-order chi connectivity index (χ1) is 15.0. The summed E-state index contributed by atoms with van der Waals surface area (Å²) < 4.78 is 24.0. The number of benzene rings is 2. The van der Waals surface area contributed by atoms with Gasteiger partial charge in [-0.25, -0.2) is 4.39 Å². The van der Waals surface area contributed by atoms with Crippen LogP contribution in [0.25, 0.3) is 0 Å². The van der Waals surface area contributed by atoms with Crippen LogP contribution in [0.2, 0.25) is 0 Å². The molecule has 7 heteroatoms. The van der Waals surface area contributed by atoms with Crippen molar-refractivity contribution < 1.29 is 23.5 Å². The van der Waals surface area contributed by atoms with Gasteiger partial charge in [-0.05, 0) is 61.7 Å². The molecule has 1 aliphatic rings. The molecule has 2 amide bonds. The largest absolute Gasteiger partial charge is 0.493 e. The highest BCUT2D eigenvalue weighted by Crippen LogP contribution is 2.28. The van der Waals surface area contributed by atoms with Crippen LogP contribution in [0.1, 0.15) is 35.7 Å². The van der Waals surface area contributed by atoms with Crippen molar-refractivity contribution >= 4 is 11.8 Å². The molecule has 2 aromatic rings. The molecule has 3 rings (SSSR count). The van der Waals surface area contributed by atoms with Crippen LogP contribution >= 0.6 is 0 Å². The highest BCUT2D eigenvalue weighted by Gasteiger charge is 2.23. The lowest BCUT2D eigenvalue weighted by atomic mass is 10.1. The van der Waals surface area contributed by atoms with Crippen molar-refractivity contribution in [2.45, 2.75) is 26.2 Å². The summed E-state index contributed by atoms with van der Waals surface area (Å²) in [4.78, 5) is 29.0. The number of carbonyl (C=O) groups is 2. The summed E-state index contributed by atoms with van der Waals surface area (Å²) in [5.41, 5.74) is 1.47. The predicted octanol–water partition coefficient (Wildman–Crippen LogP) is 3.54. The number of hydrogen-bond acceptors (Lipinski definition) is 4. The fourth-order valence-corrected chi connectivity index (χ4v) is 3.70. The maximum atomic E-state index is 13.1. The summed E-state index contributed by atoms with van der Waals surface area (Å²) in [5, 5.41) is 0. The summed E-state index contributed by atoms with van der Waals surface area (Å²) in [6.45, 7) is 4.65. The third-order valence-corrected chi connectivity index (χ3v) is 5.38. The van der Waals surface area contributed by atoms with E-state index in [-0.39, 0.29) is 17.6 Å². The van der Waals surface area contributed by atoms with Gasteiger partial charge in [0.2, 0.25) is 5.91 Å². The van der Waals surface area contributed by atoms with Gasteiger partial charge in [0.1, 0.15) is 5.82 Å². The van der Waals surface area contributed by atoms with E-state index in [0.29, 0.717) is 62.7 Å². The second-order valence-electron chi connectivity index (χ2n) is 7.45. The minimum atomic E-state index is -0.366. The molecule has 2 aromatic carbocycles. The van der Waals surface area contributed by atoms with Crippen molar-refractivity contribution in [3.63, 3.8) is 0 Å². The molecule has 1 aliphatic heterocycles. The molecule has 0 unspecified atom stereocenters. The molecular weight excluding hydrogens is 399 g/mol. The molecule has 0 radical (unpaired) electrons. The van der Waals surface area contributed by atoms with Crippen LogP contribution in [0.3, 0.4) is 0 Å². The van der Waals surface area contributed by atoms with Crippen molar-refractivity contribution in [1.82, 2.24) is 9.80 Å². The molecule has 0 aliphatic carbocycles. The minimum Gasteiger partial charge on any atom is -0.493 e. The Labute approximate surface area is 182 Å². The molecule has 1 fully saturated rings. The molecule has 0 spiro atoms. The Morgan fingerprint density at radius 3 is 2.39 bits per heavy atom. The molecule has 166 valence electrons. The van der Waals surface area contributed by atoms with E-state index in [4.69, 9.17) is 9.47 Å². The molecule has 1 heterocycles. The first-order valence-electron chi connectivity index (χ1n) is 10.6. The van der Waals surface area contributed by atoms with Crippen LogP contribution in [-0.4, -0.2) is 61.5 Å². The van der Waals surface area contributed by atoms with Crippen LogP contribution in [-0.2, 0) is 11.2 Å². The molecule has 0 saturated carbocycles. The smallest absolute Gasteiger partial charge is 0.253 e. The zero-order chi connectivity index (χ0) is 22.2. The Kier molecular flexibility index (Phi) is 7.87. The number of nitrogens with zero attached hydrogens (tertiary/aromatic N) is 2. The van der Waals surface area contributed by atoms with Crippen LogP contribution in [0, 0.1) is 5.82 Å². The molecule has 0 aromatic heterocycles. The van der Waals surface area contributed by atoms with E-state index < -0.39 is 0 Å². The number of halogens is 1. The van der Waals surface area contributed by atoms with Crippen molar-refractivity contribution in [3.8, 4) is 11.5 Å². The molecule has 0 N–H and O–H groups in total. The fourth-order valence-electron chi connectivity index (χ4n) is 3.70. The number of rotatable bonds is 7. The first kappa shape index (κ1) is 22.6. The number of aryl methyl sites for hydroxylation is 1. The maximum absolute atomic E-state index is 13.1. The summed E-state index contributed by atoms with van der Waals surface area (Å²) in [6.07, 6.45) is 1.72. The monoisotopic (exact) mass is 428 g/mol. The zero-order valence-corrected chi connectivity index (χ0v) is 18.1. The molecular formula is C24H29FN2O4. The Bertz CT molecular complexity index is 901. The van der Waals surface area contributed by atoms with E-state index in [2.05, 4.69) is 0 Å². The summed E-state index contributed by atoms with van der Waals surface area (Å²) in [6, 6.07) is 11.3. The Morgan fingerprint density at radius 1 is 0.968 bits per heavy atom. The van der Waals surface area contributed by atoms with Gasteiger partial charge >= 0.3 is 0 Å². The number of amides is 2. The fraction of sp³-hybridized carbons (Fsp3) is 0.417. The van der Waals surface area contributed by atoms with Gasteiger partial charge in [0.15, 0.2) is 11.5 Å². The van der Waals surface area contributed by atoms with E-state index in [1.165, 1.54) is 24.3 Å². The lowest BCUT2D eigenvalue weighted by Crippen LogP contribution is -2.37. The van der Waals surface area contributed by atoms with Gasteiger partial charge in [0.05, 0.1) is 13.7 Å². The van der Waals surface area contributed by atoms with Crippen molar-refractivity contribution in [3.05, 3.63) is 59.4 Å². The van der Waals surface area contributed by atoms with Crippen molar-refractivity contribution in [2.75, 3.05) is 39.9 Å². The second-order valence-corrected chi connectivity index (χ2v) is 7.45. The van der Waals surface area contributed by atoms with Gasteiger partial charge in [-0.2, -0.15) is 0 Å². The van der Waals surface area contributed by atoms with Crippen molar-refractivity contribution in [2.24, 2.45) is 0 Å². The van der Waals surface area contributed by atoms with Gasteiger partial charge < -0.3 is 19.3 Å². The Morgan fingerprint density at radius 2 is 1.68 bits per heavy atom. The number of carbonyl (C=O) groups excluding carboxylic acids is 2. The van der Waals surface area contributed by atoms with E-state index >= 15 is 0 Å². The summed E-state index contributed by atoms with van der Waals surface area (Å²) in [7, 11) is 1.60. The summed E-state index contributed by atoms with van der Waals surface area (Å²) >= 11 is 0. The maximum Gasteiger partial charge on any atom is 0.253 e. The highest BCUT2D eigenvalue weighted by atomic mass is 19.1. The number of methoxy groups -OCH3 is 1. The highest BCUT2D eigenvalue weighted by molar-refractivity contribution is 5.94. The number of hydrogen-bond donors (Lipinski definition) is 0. The Balaban J connectivity index is 1.53. The lowest BCUT2D eigenvalue weighted by molar-refractivity contribution is -0.131. The summed E-state index contributed by atoms with van der Waals surface area (Å²) in [5.74, 6) is 0.934. The third kappa shape index (κ3) is 5.96.